The zero-order valence-corrected chi connectivity index (χ0v) is 11.0. The van der Waals surface area contributed by atoms with Crippen LogP contribution >= 0.6 is 0 Å². The summed E-state index contributed by atoms with van der Waals surface area (Å²) in [6, 6.07) is 7.50. The molecule has 20 heavy (non-hydrogen) atoms. The highest BCUT2D eigenvalue weighted by Crippen LogP contribution is 2.16. The molecule has 0 spiro atoms. The minimum Gasteiger partial charge on any atom is -0.491 e. The van der Waals surface area contributed by atoms with Crippen molar-refractivity contribution in [3.63, 3.8) is 0 Å². The Bertz CT molecular complexity index is 485. The van der Waals surface area contributed by atoms with Crippen molar-refractivity contribution in [3.8, 4) is 5.75 Å². The Morgan fingerprint density at radius 2 is 1.80 bits per heavy atom. The molecular weight excluding hydrogens is 260 g/mol. The van der Waals surface area contributed by atoms with Crippen molar-refractivity contribution in [3.05, 3.63) is 35.9 Å². The fourth-order valence-electron chi connectivity index (χ4n) is 1.58. The second kappa shape index (κ2) is 6.07. The van der Waals surface area contributed by atoms with E-state index < -0.39 is 0 Å². The summed E-state index contributed by atoms with van der Waals surface area (Å²) in [7, 11) is 0. The zero-order valence-electron chi connectivity index (χ0n) is 11.0. The van der Waals surface area contributed by atoms with Gasteiger partial charge in [-0.25, -0.2) is 4.79 Å². The molecule has 2 fully saturated rings. The Labute approximate surface area is 117 Å². The molecule has 0 amide bonds. The predicted octanol–water partition coefficient (Wildman–Crippen LogP) is 1.42. The second-order valence-electron chi connectivity index (χ2n) is 4.75. The molecule has 0 radical (unpaired) electrons. The number of rotatable bonds is 7. The third-order valence-electron chi connectivity index (χ3n) is 2.94. The predicted molar refractivity (Wildman–Crippen MR) is 71.4 cm³/mol. The molecule has 0 aliphatic carbocycles. The number of benzene rings is 1. The van der Waals surface area contributed by atoms with E-state index in [4.69, 9.17) is 18.9 Å². The number of hydrogen-bond donors (Lipinski definition) is 0. The van der Waals surface area contributed by atoms with E-state index in [1.165, 1.54) is 6.08 Å². The monoisotopic (exact) mass is 276 g/mol. The summed E-state index contributed by atoms with van der Waals surface area (Å²) in [5.74, 6) is 0.442. The van der Waals surface area contributed by atoms with Gasteiger partial charge in [-0.2, -0.15) is 0 Å². The average Bonchev–Trinajstić information content (AvgIpc) is 3.36. The maximum absolute atomic E-state index is 11.4. The van der Waals surface area contributed by atoms with Crippen LogP contribution in [0.1, 0.15) is 5.56 Å². The van der Waals surface area contributed by atoms with Crippen molar-refractivity contribution < 1.29 is 23.7 Å². The lowest BCUT2D eigenvalue weighted by molar-refractivity contribution is -0.138. The van der Waals surface area contributed by atoms with E-state index in [1.54, 1.807) is 6.08 Å². The average molecular weight is 276 g/mol. The van der Waals surface area contributed by atoms with Crippen LogP contribution in [0.5, 0.6) is 5.75 Å². The minimum absolute atomic E-state index is 0.0965. The van der Waals surface area contributed by atoms with Crippen LogP contribution in [0.3, 0.4) is 0 Å². The lowest BCUT2D eigenvalue weighted by Crippen LogP contribution is -2.06. The molecule has 2 aliphatic rings. The molecule has 2 saturated heterocycles. The molecule has 106 valence electrons. The standard InChI is InChI=1S/C15H16O5/c16-15(20-10-14-9-19-14)6-3-11-1-4-12(5-2-11)17-7-13-8-18-13/h1-6,13-14H,7-10H2/b6-3+. The molecule has 2 atom stereocenters. The maximum atomic E-state index is 11.4. The van der Waals surface area contributed by atoms with Gasteiger partial charge in [-0.1, -0.05) is 12.1 Å². The third kappa shape index (κ3) is 4.36. The summed E-state index contributed by atoms with van der Waals surface area (Å²) in [6.07, 6.45) is 3.47. The molecule has 3 rings (SSSR count). The molecule has 2 heterocycles. The Morgan fingerprint density at radius 1 is 1.15 bits per heavy atom. The number of carbonyl (C=O) groups excluding carboxylic acids is 1. The Balaban J connectivity index is 1.44. The van der Waals surface area contributed by atoms with Gasteiger partial charge in [0.2, 0.25) is 0 Å². The normalized spacial score (nSPS) is 23.6. The van der Waals surface area contributed by atoms with Crippen molar-refractivity contribution in [1.82, 2.24) is 0 Å². The third-order valence-corrected chi connectivity index (χ3v) is 2.94. The Kier molecular flexibility index (Phi) is 3.99. The molecule has 2 aliphatic heterocycles. The van der Waals surface area contributed by atoms with E-state index in [2.05, 4.69) is 0 Å². The van der Waals surface area contributed by atoms with Crippen LogP contribution in [0.4, 0.5) is 0 Å². The highest BCUT2D eigenvalue weighted by molar-refractivity contribution is 5.87. The van der Waals surface area contributed by atoms with Gasteiger partial charge in [0, 0.05) is 6.08 Å². The van der Waals surface area contributed by atoms with Crippen molar-refractivity contribution in [2.24, 2.45) is 0 Å². The summed E-state index contributed by atoms with van der Waals surface area (Å²) in [5.41, 5.74) is 0.916. The summed E-state index contributed by atoms with van der Waals surface area (Å²) < 4.78 is 20.5. The first-order chi connectivity index (χ1) is 9.79. The van der Waals surface area contributed by atoms with Crippen LogP contribution in [-0.4, -0.2) is 44.6 Å². The molecule has 0 N–H and O–H groups in total. The summed E-state index contributed by atoms with van der Waals surface area (Å²) in [5, 5.41) is 0. The van der Waals surface area contributed by atoms with E-state index in [1.807, 2.05) is 24.3 Å². The fourth-order valence-corrected chi connectivity index (χ4v) is 1.58. The van der Waals surface area contributed by atoms with Crippen molar-refractivity contribution in [1.29, 1.82) is 0 Å². The molecule has 0 saturated carbocycles. The molecule has 0 aromatic heterocycles. The van der Waals surface area contributed by atoms with Crippen LogP contribution < -0.4 is 4.74 Å². The molecule has 1 aromatic carbocycles. The van der Waals surface area contributed by atoms with Gasteiger partial charge in [-0.15, -0.1) is 0 Å². The lowest BCUT2D eigenvalue weighted by Gasteiger charge is -2.03. The highest BCUT2D eigenvalue weighted by Gasteiger charge is 2.24. The van der Waals surface area contributed by atoms with Crippen LogP contribution in [-0.2, 0) is 19.0 Å². The molecule has 2 unspecified atom stereocenters. The highest BCUT2D eigenvalue weighted by atomic mass is 16.6. The minimum atomic E-state index is -0.355. The molecule has 1 aromatic rings. The summed E-state index contributed by atoms with van der Waals surface area (Å²) >= 11 is 0. The van der Waals surface area contributed by atoms with Crippen molar-refractivity contribution in [2.75, 3.05) is 26.4 Å². The quantitative estimate of drug-likeness (QED) is 0.428. The number of carbonyl (C=O) groups is 1. The number of ether oxygens (including phenoxy) is 4. The van der Waals surface area contributed by atoms with Gasteiger partial charge in [-0.3, -0.25) is 0 Å². The van der Waals surface area contributed by atoms with Crippen LogP contribution in [0.2, 0.25) is 0 Å². The number of hydrogen-bond acceptors (Lipinski definition) is 5. The van der Waals surface area contributed by atoms with Gasteiger partial charge >= 0.3 is 5.97 Å². The largest absolute Gasteiger partial charge is 0.491 e. The Morgan fingerprint density at radius 3 is 2.45 bits per heavy atom. The first-order valence-corrected chi connectivity index (χ1v) is 6.60. The molecule has 5 nitrogen and oxygen atoms in total. The fraction of sp³-hybridized carbons (Fsp3) is 0.400. The van der Waals surface area contributed by atoms with Gasteiger partial charge in [0.25, 0.3) is 0 Å². The van der Waals surface area contributed by atoms with Crippen LogP contribution in [0, 0.1) is 0 Å². The van der Waals surface area contributed by atoms with Crippen LogP contribution in [0.25, 0.3) is 6.08 Å². The van der Waals surface area contributed by atoms with E-state index in [0.29, 0.717) is 19.8 Å². The number of esters is 1. The summed E-state index contributed by atoms with van der Waals surface area (Å²) in [4.78, 5) is 11.4. The van der Waals surface area contributed by atoms with Gasteiger partial charge in [0.1, 0.15) is 31.2 Å². The molecule has 5 heteroatoms. The smallest absolute Gasteiger partial charge is 0.330 e. The van der Waals surface area contributed by atoms with Gasteiger partial charge in [-0.05, 0) is 23.8 Å². The lowest BCUT2D eigenvalue weighted by atomic mass is 10.2. The maximum Gasteiger partial charge on any atom is 0.330 e. The first-order valence-electron chi connectivity index (χ1n) is 6.60. The second-order valence-corrected chi connectivity index (χ2v) is 4.75. The first kappa shape index (κ1) is 13.1. The zero-order chi connectivity index (χ0) is 13.8. The number of epoxide rings is 2. The van der Waals surface area contributed by atoms with Crippen LogP contribution in [0.15, 0.2) is 30.3 Å². The van der Waals surface area contributed by atoms with E-state index in [9.17, 15) is 4.79 Å². The van der Waals surface area contributed by atoms with E-state index >= 15 is 0 Å². The van der Waals surface area contributed by atoms with Gasteiger partial charge in [0.15, 0.2) is 0 Å². The Hall–Kier alpha value is -1.85. The van der Waals surface area contributed by atoms with Gasteiger partial charge < -0.3 is 18.9 Å². The van der Waals surface area contributed by atoms with Crippen molar-refractivity contribution >= 4 is 12.0 Å². The summed E-state index contributed by atoms with van der Waals surface area (Å²) in [6.45, 7) is 2.39. The topological polar surface area (TPSA) is 60.6 Å². The van der Waals surface area contributed by atoms with Crippen molar-refractivity contribution in [2.45, 2.75) is 12.2 Å². The molecule has 0 bridgehead atoms. The van der Waals surface area contributed by atoms with Gasteiger partial charge in [0.05, 0.1) is 13.2 Å². The van der Waals surface area contributed by atoms with E-state index in [0.717, 1.165) is 17.9 Å². The van der Waals surface area contributed by atoms with E-state index in [-0.39, 0.29) is 18.2 Å². The SMILES string of the molecule is O=C(/C=C/c1ccc(OCC2CO2)cc1)OCC1CO1. The molecular formula is C15H16O5.